The standard InChI is InChI=1S/C8H13NO4S/c1-5(8(11)12)14(13)4-7(10)9-6-2-3-6/h5-6H,2-4H2,1H3,(H,9,10)(H,11,12). The van der Waals surface area contributed by atoms with E-state index in [2.05, 4.69) is 5.32 Å². The highest BCUT2D eigenvalue weighted by atomic mass is 32.2. The van der Waals surface area contributed by atoms with Gasteiger partial charge in [0.1, 0.15) is 11.0 Å². The van der Waals surface area contributed by atoms with Gasteiger partial charge >= 0.3 is 5.97 Å². The van der Waals surface area contributed by atoms with Crippen LogP contribution in [0.25, 0.3) is 0 Å². The fraction of sp³-hybridized carbons (Fsp3) is 0.750. The lowest BCUT2D eigenvalue weighted by Crippen LogP contribution is -2.34. The van der Waals surface area contributed by atoms with Gasteiger partial charge in [-0.15, -0.1) is 0 Å². The highest BCUT2D eigenvalue weighted by Gasteiger charge is 2.26. The van der Waals surface area contributed by atoms with Crippen molar-refractivity contribution >= 4 is 22.7 Å². The van der Waals surface area contributed by atoms with Gasteiger partial charge in [-0.25, -0.2) is 0 Å². The second kappa shape index (κ2) is 4.54. The van der Waals surface area contributed by atoms with E-state index < -0.39 is 22.0 Å². The van der Waals surface area contributed by atoms with Crippen LogP contribution in [0.1, 0.15) is 19.8 Å². The molecule has 80 valence electrons. The van der Waals surface area contributed by atoms with Gasteiger partial charge < -0.3 is 10.4 Å². The van der Waals surface area contributed by atoms with Crippen molar-refractivity contribution in [3.63, 3.8) is 0 Å². The zero-order chi connectivity index (χ0) is 10.7. The molecule has 6 heteroatoms. The van der Waals surface area contributed by atoms with Crippen molar-refractivity contribution in [2.45, 2.75) is 31.1 Å². The number of rotatable bonds is 5. The van der Waals surface area contributed by atoms with Crippen molar-refractivity contribution in [3.05, 3.63) is 0 Å². The molecule has 0 aromatic carbocycles. The van der Waals surface area contributed by atoms with Gasteiger partial charge in [-0.1, -0.05) is 0 Å². The van der Waals surface area contributed by atoms with Gasteiger partial charge in [-0.05, 0) is 19.8 Å². The van der Waals surface area contributed by atoms with Gasteiger partial charge in [0.25, 0.3) is 0 Å². The van der Waals surface area contributed by atoms with E-state index in [1.165, 1.54) is 6.92 Å². The van der Waals surface area contributed by atoms with E-state index >= 15 is 0 Å². The quantitative estimate of drug-likeness (QED) is 0.652. The van der Waals surface area contributed by atoms with Crippen molar-refractivity contribution in [2.24, 2.45) is 0 Å². The average molecular weight is 219 g/mol. The first-order valence-electron chi connectivity index (χ1n) is 4.40. The summed E-state index contributed by atoms with van der Waals surface area (Å²) in [6.07, 6.45) is 1.93. The summed E-state index contributed by atoms with van der Waals surface area (Å²) in [7, 11) is -1.63. The van der Waals surface area contributed by atoms with E-state index in [0.29, 0.717) is 0 Å². The Labute approximate surface area is 84.3 Å². The number of aliphatic carboxylic acids is 1. The number of amides is 1. The van der Waals surface area contributed by atoms with Gasteiger partial charge in [-0.3, -0.25) is 13.8 Å². The number of hydrogen-bond acceptors (Lipinski definition) is 3. The molecule has 2 N–H and O–H groups in total. The number of carbonyl (C=O) groups excluding carboxylic acids is 1. The molecule has 14 heavy (non-hydrogen) atoms. The van der Waals surface area contributed by atoms with Crippen molar-refractivity contribution in [2.75, 3.05) is 5.75 Å². The molecule has 5 nitrogen and oxygen atoms in total. The molecule has 2 atom stereocenters. The minimum Gasteiger partial charge on any atom is -0.480 e. The highest BCUT2D eigenvalue weighted by Crippen LogP contribution is 2.18. The Morgan fingerprint density at radius 1 is 1.57 bits per heavy atom. The van der Waals surface area contributed by atoms with Crippen LogP contribution in [-0.2, 0) is 20.4 Å². The van der Waals surface area contributed by atoms with Gasteiger partial charge in [-0.2, -0.15) is 0 Å². The molecule has 0 aliphatic heterocycles. The third-order valence-corrected chi connectivity index (χ3v) is 3.49. The second-order valence-electron chi connectivity index (χ2n) is 3.35. The molecule has 0 bridgehead atoms. The van der Waals surface area contributed by atoms with Gasteiger partial charge in [0.15, 0.2) is 0 Å². The first-order chi connectivity index (χ1) is 6.50. The average Bonchev–Trinajstić information content (AvgIpc) is 2.86. The number of carboxylic acids is 1. The zero-order valence-electron chi connectivity index (χ0n) is 7.86. The fourth-order valence-electron chi connectivity index (χ4n) is 0.864. The summed E-state index contributed by atoms with van der Waals surface area (Å²) in [6.45, 7) is 1.34. The maximum atomic E-state index is 11.3. The molecule has 0 aromatic rings. The first kappa shape index (κ1) is 11.2. The molecule has 0 saturated heterocycles. The Bertz CT molecular complexity index is 275. The summed E-state index contributed by atoms with van der Waals surface area (Å²) in [5.74, 6) is -1.68. The molecule has 2 unspecified atom stereocenters. The summed E-state index contributed by atoms with van der Waals surface area (Å²) in [4.78, 5) is 21.6. The molecular formula is C8H13NO4S. The predicted octanol–water partition coefficient (Wildman–Crippen LogP) is -0.513. The van der Waals surface area contributed by atoms with E-state index in [9.17, 15) is 13.8 Å². The third-order valence-electron chi connectivity index (χ3n) is 1.96. The topological polar surface area (TPSA) is 83.5 Å². The maximum absolute atomic E-state index is 11.3. The summed E-state index contributed by atoms with van der Waals surface area (Å²) < 4.78 is 11.3. The van der Waals surface area contributed by atoms with E-state index in [0.717, 1.165) is 12.8 Å². The molecule has 0 heterocycles. The second-order valence-corrected chi connectivity index (χ2v) is 5.10. The molecule has 1 rings (SSSR count). The van der Waals surface area contributed by atoms with Crippen LogP contribution in [-0.4, -0.2) is 38.2 Å². The molecule has 1 aliphatic rings. The lowest BCUT2D eigenvalue weighted by atomic mass is 10.5. The Morgan fingerprint density at radius 2 is 2.14 bits per heavy atom. The monoisotopic (exact) mass is 219 g/mol. The summed E-state index contributed by atoms with van der Waals surface area (Å²) >= 11 is 0. The van der Waals surface area contributed by atoms with E-state index in [1.807, 2.05) is 0 Å². The van der Waals surface area contributed by atoms with Crippen molar-refractivity contribution < 1.29 is 18.9 Å². The molecule has 1 aliphatic carbocycles. The maximum Gasteiger partial charge on any atom is 0.318 e. The number of hydrogen-bond donors (Lipinski definition) is 2. The molecule has 0 aromatic heterocycles. The lowest BCUT2D eigenvalue weighted by Gasteiger charge is -2.06. The normalized spacial score (nSPS) is 19.8. The van der Waals surface area contributed by atoms with Gasteiger partial charge in [0.2, 0.25) is 5.91 Å². The summed E-state index contributed by atoms with van der Waals surface area (Å²) in [6, 6.07) is 0.222. The Kier molecular flexibility index (Phi) is 3.62. The lowest BCUT2D eigenvalue weighted by molar-refractivity contribution is -0.136. The van der Waals surface area contributed by atoms with Crippen LogP contribution in [0.4, 0.5) is 0 Å². The van der Waals surface area contributed by atoms with Crippen LogP contribution in [0, 0.1) is 0 Å². The Balaban J connectivity index is 2.31. The molecule has 1 amide bonds. The highest BCUT2D eigenvalue weighted by molar-refractivity contribution is 7.87. The Hall–Kier alpha value is -0.910. The fourth-order valence-corrected chi connectivity index (χ4v) is 1.68. The van der Waals surface area contributed by atoms with Crippen LogP contribution in [0.5, 0.6) is 0 Å². The SMILES string of the molecule is CC(C(=O)O)S(=O)CC(=O)NC1CC1. The summed E-state index contributed by atoms with van der Waals surface area (Å²) in [5, 5.41) is 10.2. The minimum absolute atomic E-state index is 0.218. The largest absolute Gasteiger partial charge is 0.480 e. The third kappa shape index (κ3) is 3.45. The molecule has 0 radical (unpaired) electrons. The number of carbonyl (C=O) groups is 2. The van der Waals surface area contributed by atoms with Crippen LogP contribution < -0.4 is 5.32 Å². The molecular weight excluding hydrogens is 206 g/mol. The van der Waals surface area contributed by atoms with Crippen molar-refractivity contribution in [3.8, 4) is 0 Å². The molecule has 1 saturated carbocycles. The number of nitrogens with one attached hydrogen (secondary N) is 1. The van der Waals surface area contributed by atoms with Gasteiger partial charge in [0, 0.05) is 16.8 Å². The van der Waals surface area contributed by atoms with Crippen LogP contribution in [0.2, 0.25) is 0 Å². The van der Waals surface area contributed by atoms with E-state index in [4.69, 9.17) is 5.11 Å². The van der Waals surface area contributed by atoms with Crippen molar-refractivity contribution in [1.82, 2.24) is 5.32 Å². The van der Waals surface area contributed by atoms with Crippen LogP contribution in [0.15, 0.2) is 0 Å². The van der Waals surface area contributed by atoms with Crippen LogP contribution >= 0.6 is 0 Å². The minimum atomic E-state index is -1.63. The zero-order valence-corrected chi connectivity index (χ0v) is 8.67. The number of carboxylic acid groups (broad SMARTS) is 1. The van der Waals surface area contributed by atoms with Crippen LogP contribution in [0.3, 0.4) is 0 Å². The molecule has 1 fully saturated rings. The van der Waals surface area contributed by atoms with E-state index in [1.54, 1.807) is 0 Å². The Morgan fingerprint density at radius 3 is 2.57 bits per heavy atom. The van der Waals surface area contributed by atoms with Crippen molar-refractivity contribution in [1.29, 1.82) is 0 Å². The summed E-state index contributed by atoms with van der Waals surface area (Å²) in [5.41, 5.74) is 0. The smallest absolute Gasteiger partial charge is 0.318 e. The molecule has 0 spiro atoms. The predicted molar refractivity (Wildman–Crippen MR) is 51.3 cm³/mol. The van der Waals surface area contributed by atoms with Gasteiger partial charge in [0.05, 0.1) is 0 Å². The first-order valence-corrected chi connectivity index (χ1v) is 5.78. The van der Waals surface area contributed by atoms with E-state index in [-0.39, 0.29) is 17.7 Å².